The van der Waals surface area contributed by atoms with Gasteiger partial charge < -0.3 is 4.57 Å². The molecule has 34 heavy (non-hydrogen) atoms. The molecule has 0 radical (unpaired) electrons. The van der Waals surface area contributed by atoms with Gasteiger partial charge in [0.2, 0.25) is 0 Å². The van der Waals surface area contributed by atoms with Gasteiger partial charge in [-0.25, -0.2) is 4.68 Å². The predicted octanol–water partition coefficient (Wildman–Crippen LogP) is 6.52. The Labute approximate surface area is 206 Å². The number of aryl methyl sites for hydroxylation is 2. The second-order valence-corrected chi connectivity index (χ2v) is 8.94. The Bertz CT molecular complexity index is 1440. The zero-order valence-electron chi connectivity index (χ0n) is 18.6. The van der Waals surface area contributed by atoms with E-state index in [1.54, 1.807) is 0 Å². The van der Waals surface area contributed by atoms with E-state index in [0.717, 1.165) is 35.2 Å². The van der Waals surface area contributed by atoms with Crippen LogP contribution in [0.3, 0.4) is 0 Å². The molecule has 0 saturated carbocycles. The first-order valence-corrected chi connectivity index (χ1v) is 12.0. The minimum Gasteiger partial charge on any atom is -0.347 e. The molecule has 0 spiro atoms. The lowest BCUT2D eigenvalue weighted by atomic mass is 10.2. The fourth-order valence-corrected chi connectivity index (χ4v) is 4.36. The van der Waals surface area contributed by atoms with Crippen LogP contribution in [0, 0.1) is 0 Å². The highest BCUT2D eigenvalue weighted by atomic mass is 79.9. The van der Waals surface area contributed by atoms with Crippen molar-refractivity contribution in [2.24, 2.45) is 0 Å². The molecule has 6 rings (SSSR count). The van der Waals surface area contributed by atoms with Crippen molar-refractivity contribution in [1.29, 1.82) is 0 Å². The van der Waals surface area contributed by atoms with E-state index in [9.17, 15) is 0 Å². The maximum Gasteiger partial charge on any atom is 0.0725 e. The second kappa shape index (κ2) is 10.4. The van der Waals surface area contributed by atoms with E-state index in [1.807, 2.05) is 47.4 Å². The van der Waals surface area contributed by atoms with Crippen molar-refractivity contribution in [3.8, 4) is 0 Å². The summed E-state index contributed by atoms with van der Waals surface area (Å²) < 4.78 is 5.37. The van der Waals surface area contributed by atoms with Gasteiger partial charge in [-0.15, -0.1) is 5.10 Å². The first-order valence-electron chi connectivity index (χ1n) is 11.2. The summed E-state index contributed by atoms with van der Waals surface area (Å²) >= 11 is 3.52. The normalized spacial score (nSPS) is 10.9. The zero-order chi connectivity index (χ0) is 23.2. The average molecular weight is 510 g/mol. The molecule has 5 nitrogen and oxygen atoms in total. The number of fused-ring (bicyclic) bond motifs is 2. The summed E-state index contributed by atoms with van der Waals surface area (Å²) in [7, 11) is 0. The average Bonchev–Trinajstić information content (AvgIpc) is 3.50. The molecule has 0 unspecified atom stereocenters. The molecule has 0 aliphatic rings. The smallest absolute Gasteiger partial charge is 0.0725 e. The molecule has 0 atom stereocenters. The van der Waals surface area contributed by atoms with E-state index in [1.165, 1.54) is 21.9 Å². The van der Waals surface area contributed by atoms with Gasteiger partial charge in [0.15, 0.2) is 0 Å². The van der Waals surface area contributed by atoms with Gasteiger partial charge in [0.05, 0.1) is 24.0 Å². The monoisotopic (exact) mass is 509 g/mol. The van der Waals surface area contributed by atoms with Crippen molar-refractivity contribution in [2.45, 2.75) is 19.5 Å². The van der Waals surface area contributed by atoms with Gasteiger partial charge in [-0.2, -0.15) is 0 Å². The van der Waals surface area contributed by atoms with Gasteiger partial charge in [-0.3, -0.25) is 4.98 Å². The van der Waals surface area contributed by atoms with Crippen LogP contribution in [0.2, 0.25) is 0 Å². The molecular weight excluding hydrogens is 486 g/mol. The summed E-state index contributed by atoms with van der Waals surface area (Å²) in [4.78, 5) is 4.18. The highest BCUT2D eigenvalue weighted by Gasteiger charge is 2.07. The molecule has 0 saturated heterocycles. The van der Waals surface area contributed by atoms with Crippen LogP contribution < -0.4 is 0 Å². The number of pyridine rings is 1. The van der Waals surface area contributed by atoms with E-state index >= 15 is 0 Å². The highest BCUT2D eigenvalue weighted by molar-refractivity contribution is 9.10. The van der Waals surface area contributed by atoms with Crippen LogP contribution in [0.25, 0.3) is 21.8 Å². The molecule has 0 bridgehead atoms. The molecule has 0 amide bonds. The number of hydrogen-bond acceptors (Lipinski definition) is 3. The Morgan fingerprint density at radius 2 is 1.62 bits per heavy atom. The van der Waals surface area contributed by atoms with Crippen LogP contribution in [0.4, 0.5) is 0 Å². The molecular formula is C28H24BrN5. The molecule has 6 aromatic rings. The summed E-state index contributed by atoms with van der Waals surface area (Å²) in [5.74, 6) is 0. The largest absolute Gasteiger partial charge is 0.347 e. The van der Waals surface area contributed by atoms with Crippen LogP contribution in [0.1, 0.15) is 11.3 Å². The Balaban J connectivity index is 0.000000200. The number of halogens is 1. The predicted molar refractivity (Wildman–Crippen MR) is 141 cm³/mol. The van der Waals surface area contributed by atoms with Crippen molar-refractivity contribution < 1.29 is 0 Å². The lowest BCUT2D eigenvalue weighted by Gasteiger charge is -2.08. The summed E-state index contributed by atoms with van der Waals surface area (Å²) in [6, 6.07) is 31.0. The molecule has 0 fully saturated rings. The van der Waals surface area contributed by atoms with E-state index in [0.29, 0.717) is 0 Å². The first kappa shape index (κ1) is 22.0. The summed E-state index contributed by atoms with van der Waals surface area (Å²) in [6.07, 6.45) is 6.72. The van der Waals surface area contributed by atoms with Gasteiger partial charge in [0.1, 0.15) is 0 Å². The van der Waals surface area contributed by atoms with Crippen LogP contribution >= 0.6 is 15.9 Å². The third kappa shape index (κ3) is 5.24. The highest BCUT2D eigenvalue weighted by Crippen LogP contribution is 2.21. The molecule has 3 aromatic heterocycles. The third-order valence-electron chi connectivity index (χ3n) is 5.73. The SMILES string of the molecule is Brc1ccc2c(ccn2CCc2cnnn2Cc2ccccc2)c1.c1ccc2ncccc2c1. The molecule has 3 aromatic carbocycles. The van der Waals surface area contributed by atoms with Crippen LogP contribution in [-0.4, -0.2) is 24.5 Å². The maximum atomic E-state index is 4.24. The Hall–Kier alpha value is -3.77. The van der Waals surface area contributed by atoms with Crippen molar-refractivity contribution in [3.05, 3.63) is 125 Å². The van der Waals surface area contributed by atoms with Crippen LogP contribution in [-0.2, 0) is 19.5 Å². The Kier molecular flexibility index (Phi) is 6.77. The van der Waals surface area contributed by atoms with Crippen LogP contribution in [0.5, 0.6) is 0 Å². The minimum absolute atomic E-state index is 0.759. The minimum atomic E-state index is 0.759. The standard InChI is InChI=1S/C19H17BrN4.C9H7N/c20-17-6-7-19-16(12-17)8-10-23(19)11-9-18-13-21-22-24(18)14-15-4-2-1-3-5-15;1-2-6-9-8(4-1)5-3-7-10-9/h1-8,10,12-13H,9,11,14H2;1-7H. The van der Waals surface area contributed by atoms with Gasteiger partial charge in [-0.05, 0) is 42.0 Å². The molecule has 0 N–H and O–H groups in total. The van der Waals surface area contributed by atoms with Crippen molar-refractivity contribution in [3.63, 3.8) is 0 Å². The van der Waals surface area contributed by atoms with E-state index in [2.05, 4.69) is 103 Å². The Morgan fingerprint density at radius 3 is 2.50 bits per heavy atom. The van der Waals surface area contributed by atoms with Crippen LogP contribution in [0.15, 0.2) is 114 Å². The van der Waals surface area contributed by atoms with Crippen molar-refractivity contribution in [1.82, 2.24) is 24.5 Å². The number of para-hydroxylation sites is 1. The first-order chi connectivity index (χ1) is 16.8. The Morgan fingerprint density at radius 1 is 0.794 bits per heavy atom. The number of rotatable bonds is 5. The third-order valence-corrected chi connectivity index (χ3v) is 6.22. The fraction of sp³-hybridized carbons (Fsp3) is 0.107. The number of hydrogen-bond donors (Lipinski definition) is 0. The number of aromatic nitrogens is 5. The molecule has 6 heteroatoms. The van der Waals surface area contributed by atoms with Gasteiger partial charge in [-0.1, -0.05) is 75.7 Å². The lowest BCUT2D eigenvalue weighted by molar-refractivity contribution is 0.595. The van der Waals surface area contributed by atoms with Gasteiger partial charge >= 0.3 is 0 Å². The summed E-state index contributed by atoms with van der Waals surface area (Å²) in [6.45, 7) is 1.67. The van der Waals surface area contributed by atoms with E-state index in [-0.39, 0.29) is 0 Å². The molecule has 0 aliphatic carbocycles. The summed E-state index contributed by atoms with van der Waals surface area (Å²) in [5, 5.41) is 10.8. The fourth-order valence-electron chi connectivity index (χ4n) is 3.98. The zero-order valence-corrected chi connectivity index (χ0v) is 20.2. The van der Waals surface area contributed by atoms with Crippen molar-refractivity contribution >= 4 is 37.7 Å². The summed E-state index contributed by atoms with van der Waals surface area (Å²) in [5.41, 5.74) is 4.70. The maximum absolute atomic E-state index is 4.24. The second-order valence-electron chi connectivity index (χ2n) is 8.03. The molecule has 0 aliphatic heterocycles. The van der Waals surface area contributed by atoms with E-state index < -0.39 is 0 Å². The van der Waals surface area contributed by atoms with E-state index in [4.69, 9.17) is 0 Å². The van der Waals surface area contributed by atoms with Crippen molar-refractivity contribution in [2.75, 3.05) is 0 Å². The molecule has 3 heterocycles. The van der Waals surface area contributed by atoms with Gasteiger partial charge in [0.25, 0.3) is 0 Å². The topological polar surface area (TPSA) is 48.5 Å². The van der Waals surface area contributed by atoms with Gasteiger partial charge in [0, 0.05) is 46.1 Å². The molecule has 168 valence electrons. The quantitative estimate of drug-likeness (QED) is 0.265. The lowest BCUT2D eigenvalue weighted by Crippen LogP contribution is -2.09. The number of nitrogens with zero attached hydrogens (tertiary/aromatic N) is 5. The number of benzene rings is 3.